The second kappa shape index (κ2) is 7.04. The first-order valence-corrected chi connectivity index (χ1v) is 9.98. The average Bonchev–Trinajstić information content (AvgIpc) is 3.37. The van der Waals surface area contributed by atoms with Gasteiger partial charge in [-0.1, -0.05) is 36.4 Å². The molecular formula is C23H23N3O3. The Balaban J connectivity index is 1.38. The van der Waals surface area contributed by atoms with Crippen molar-refractivity contribution in [2.45, 2.75) is 32.5 Å². The van der Waals surface area contributed by atoms with E-state index in [4.69, 9.17) is 4.74 Å². The summed E-state index contributed by atoms with van der Waals surface area (Å²) in [4.78, 5) is 26.2. The van der Waals surface area contributed by atoms with Gasteiger partial charge in [-0.3, -0.25) is 14.5 Å². The summed E-state index contributed by atoms with van der Waals surface area (Å²) in [5, 5.41) is 5.92. The molecule has 3 heterocycles. The quantitative estimate of drug-likeness (QED) is 0.792. The zero-order chi connectivity index (χ0) is 20.0. The van der Waals surface area contributed by atoms with Crippen LogP contribution >= 0.6 is 0 Å². The fourth-order valence-corrected chi connectivity index (χ4v) is 4.50. The molecule has 5 rings (SSSR count). The number of carbonyl (C=O) groups excluding carboxylic acids is 2. The molecule has 2 N–H and O–H groups in total. The number of carbonyl (C=O) groups is 2. The minimum atomic E-state index is -0.112. The van der Waals surface area contributed by atoms with Gasteiger partial charge in [-0.25, -0.2) is 0 Å². The minimum Gasteiger partial charge on any atom is -0.487 e. The Morgan fingerprint density at radius 1 is 1.24 bits per heavy atom. The molecule has 2 aromatic rings. The third kappa shape index (κ3) is 3.29. The van der Waals surface area contributed by atoms with Crippen molar-refractivity contribution in [3.05, 3.63) is 64.7 Å². The molecule has 6 heteroatoms. The summed E-state index contributed by atoms with van der Waals surface area (Å²) in [6, 6.07) is 14.3. The maximum absolute atomic E-state index is 12.5. The SMILES string of the molecule is CC(=O)NC1CCN(Cc2ccc3c(c2)CO/C3=C2/C(=O)Nc3ccccc32)C1. The van der Waals surface area contributed by atoms with Gasteiger partial charge in [0.2, 0.25) is 5.91 Å². The number of nitrogens with zero attached hydrogens (tertiary/aromatic N) is 1. The molecule has 6 nitrogen and oxygen atoms in total. The summed E-state index contributed by atoms with van der Waals surface area (Å²) in [5.74, 6) is 0.588. The summed E-state index contributed by atoms with van der Waals surface area (Å²) < 4.78 is 5.98. The lowest BCUT2D eigenvalue weighted by molar-refractivity contribution is -0.119. The van der Waals surface area contributed by atoms with Crippen molar-refractivity contribution in [2.75, 3.05) is 18.4 Å². The number of anilines is 1. The van der Waals surface area contributed by atoms with Crippen LogP contribution in [0, 0.1) is 0 Å². The van der Waals surface area contributed by atoms with E-state index in [1.807, 2.05) is 24.3 Å². The van der Waals surface area contributed by atoms with E-state index < -0.39 is 0 Å². The Kier molecular flexibility index (Phi) is 4.36. The van der Waals surface area contributed by atoms with Crippen molar-refractivity contribution >= 4 is 28.8 Å². The van der Waals surface area contributed by atoms with E-state index in [1.165, 1.54) is 5.56 Å². The second-order valence-electron chi connectivity index (χ2n) is 7.91. The van der Waals surface area contributed by atoms with Gasteiger partial charge in [0.25, 0.3) is 5.91 Å². The monoisotopic (exact) mass is 389 g/mol. The topological polar surface area (TPSA) is 70.7 Å². The lowest BCUT2D eigenvalue weighted by atomic mass is 9.99. The Morgan fingerprint density at radius 3 is 2.97 bits per heavy atom. The molecule has 2 amide bonds. The van der Waals surface area contributed by atoms with Crippen molar-refractivity contribution in [1.29, 1.82) is 0 Å². The van der Waals surface area contributed by atoms with Crippen LogP contribution in [-0.2, 0) is 27.5 Å². The third-order valence-corrected chi connectivity index (χ3v) is 5.77. The van der Waals surface area contributed by atoms with Gasteiger partial charge in [0.05, 0.1) is 5.57 Å². The molecule has 0 aromatic heterocycles. The number of likely N-dealkylation sites (tertiary alicyclic amines) is 1. The predicted molar refractivity (Wildman–Crippen MR) is 111 cm³/mol. The second-order valence-corrected chi connectivity index (χ2v) is 7.91. The lowest BCUT2D eigenvalue weighted by Gasteiger charge is -2.16. The van der Waals surface area contributed by atoms with Crippen LogP contribution < -0.4 is 10.6 Å². The highest BCUT2D eigenvalue weighted by Gasteiger charge is 2.32. The molecule has 29 heavy (non-hydrogen) atoms. The maximum atomic E-state index is 12.5. The van der Waals surface area contributed by atoms with Gasteiger partial charge in [-0.15, -0.1) is 0 Å². The molecule has 2 aromatic carbocycles. The number of rotatable bonds is 3. The van der Waals surface area contributed by atoms with Gasteiger partial charge < -0.3 is 15.4 Å². The van der Waals surface area contributed by atoms with Gasteiger partial charge >= 0.3 is 0 Å². The number of hydrogen-bond acceptors (Lipinski definition) is 4. The largest absolute Gasteiger partial charge is 0.487 e. The first kappa shape index (κ1) is 17.9. The van der Waals surface area contributed by atoms with Gasteiger partial charge in [-0.05, 0) is 18.1 Å². The van der Waals surface area contributed by atoms with E-state index in [1.54, 1.807) is 6.92 Å². The molecule has 148 valence electrons. The van der Waals surface area contributed by atoms with E-state index in [0.717, 1.165) is 48.4 Å². The maximum Gasteiger partial charge on any atom is 0.260 e. The average molecular weight is 389 g/mol. The van der Waals surface area contributed by atoms with Crippen LogP contribution in [0.4, 0.5) is 5.69 Å². The van der Waals surface area contributed by atoms with Crippen molar-refractivity contribution in [3.8, 4) is 0 Å². The van der Waals surface area contributed by atoms with Gasteiger partial charge in [0.15, 0.2) is 0 Å². The molecular weight excluding hydrogens is 366 g/mol. The summed E-state index contributed by atoms with van der Waals surface area (Å²) in [6.07, 6.45) is 0.985. The molecule has 3 aliphatic heterocycles. The minimum absolute atomic E-state index is 0.0321. The molecule has 3 aliphatic rings. The Labute approximate surface area is 169 Å². The number of para-hydroxylation sites is 1. The molecule has 0 radical (unpaired) electrons. The van der Waals surface area contributed by atoms with E-state index >= 15 is 0 Å². The highest BCUT2D eigenvalue weighted by Crippen LogP contribution is 2.41. The molecule has 1 fully saturated rings. The lowest BCUT2D eigenvalue weighted by Crippen LogP contribution is -2.35. The van der Waals surface area contributed by atoms with Crippen LogP contribution in [0.15, 0.2) is 42.5 Å². The van der Waals surface area contributed by atoms with Gasteiger partial charge in [-0.2, -0.15) is 0 Å². The number of amides is 2. The number of ether oxygens (including phenoxy) is 1. The molecule has 0 saturated carbocycles. The Hall–Kier alpha value is -3.12. The van der Waals surface area contributed by atoms with Crippen LogP contribution in [0.3, 0.4) is 0 Å². The molecule has 1 atom stereocenters. The highest BCUT2D eigenvalue weighted by molar-refractivity contribution is 6.36. The van der Waals surface area contributed by atoms with Crippen LogP contribution in [0.5, 0.6) is 0 Å². The number of nitrogens with one attached hydrogen (secondary N) is 2. The summed E-state index contributed by atoms with van der Waals surface area (Å²) >= 11 is 0. The zero-order valence-electron chi connectivity index (χ0n) is 16.3. The molecule has 0 spiro atoms. The van der Waals surface area contributed by atoms with E-state index in [2.05, 4.69) is 33.7 Å². The smallest absolute Gasteiger partial charge is 0.260 e. The van der Waals surface area contributed by atoms with E-state index in [9.17, 15) is 9.59 Å². The standard InChI is InChI=1S/C23H23N3O3/c1-14(27)24-17-8-9-26(12-17)11-15-6-7-18-16(10-15)13-29-22(18)21-19-4-2-3-5-20(19)25-23(21)28/h2-7,10,17H,8-9,11-13H2,1H3,(H,24,27)(H,25,28)/b22-21+. The van der Waals surface area contributed by atoms with Crippen LogP contribution in [0.1, 0.15) is 35.6 Å². The number of fused-ring (bicyclic) bond motifs is 2. The number of hydrogen-bond donors (Lipinski definition) is 2. The molecule has 0 aliphatic carbocycles. The predicted octanol–water partition coefficient (Wildman–Crippen LogP) is 2.75. The fourth-order valence-electron chi connectivity index (χ4n) is 4.50. The summed E-state index contributed by atoms with van der Waals surface area (Å²) in [7, 11) is 0. The normalized spacial score (nSPS) is 22.8. The number of benzene rings is 2. The van der Waals surface area contributed by atoms with E-state index in [-0.39, 0.29) is 17.9 Å². The van der Waals surface area contributed by atoms with Crippen molar-refractivity contribution in [1.82, 2.24) is 10.2 Å². The Bertz CT molecular complexity index is 1040. The first-order valence-electron chi connectivity index (χ1n) is 9.98. The summed E-state index contributed by atoms with van der Waals surface area (Å²) in [5.41, 5.74) is 5.66. The van der Waals surface area contributed by atoms with Crippen molar-refractivity contribution in [3.63, 3.8) is 0 Å². The third-order valence-electron chi connectivity index (χ3n) is 5.77. The Morgan fingerprint density at radius 2 is 2.10 bits per heavy atom. The summed E-state index contributed by atoms with van der Waals surface area (Å²) in [6.45, 7) is 4.74. The van der Waals surface area contributed by atoms with Crippen LogP contribution in [-0.4, -0.2) is 35.8 Å². The zero-order valence-corrected chi connectivity index (χ0v) is 16.3. The van der Waals surface area contributed by atoms with Crippen LogP contribution in [0.25, 0.3) is 11.3 Å². The highest BCUT2D eigenvalue weighted by atomic mass is 16.5. The van der Waals surface area contributed by atoms with Crippen molar-refractivity contribution in [2.24, 2.45) is 0 Å². The molecule has 0 bridgehead atoms. The van der Waals surface area contributed by atoms with Gasteiger partial charge in [0, 0.05) is 55.0 Å². The first-order chi connectivity index (χ1) is 14.1. The van der Waals surface area contributed by atoms with E-state index in [0.29, 0.717) is 17.9 Å². The van der Waals surface area contributed by atoms with Gasteiger partial charge in [0.1, 0.15) is 12.4 Å². The van der Waals surface area contributed by atoms with Crippen LogP contribution in [0.2, 0.25) is 0 Å². The van der Waals surface area contributed by atoms with Crippen molar-refractivity contribution < 1.29 is 14.3 Å². The fraction of sp³-hybridized carbons (Fsp3) is 0.304. The molecule has 1 saturated heterocycles. The molecule has 1 unspecified atom stereocenters.